The lowest BCUT2D eigenvalue weighted by molar-refractivity contribution is -0.133. The fraction of sp³-hybridized carbons (Fsp3) is 0.341. The molecule has 4 amide bonds. The molecule has 4 N–H and O–H groups in total. The van der Waals surface area contributed by atoms with Crippen molar-refractivity contribution in [3.63, 3.8) is 0 Å². The number of carbonyl (C=O) groups is 4. The molecule has 0 fully saturated rings. The summed E-state index contributed by atoms with van der Waals surface area (Å²) in [6.45, 7) is 4.26. The van der Waals surface area contributed by atoms with Gasteiger partial charge in [0, 0.05) is 26.4 Å². The van der Waals surface area contributed by atoms with Gasteiger partial charge in [-0.1, -0.05) is 62.4 Å². The molecule has 0 unspecified atom stereocenters. The lowest BCUT2D eigenvalue weighted by Crippen LogP contribution is -2.50. The second-order valence-corrected chi connectivity index (χ2v) is 15.2. The number of rotatable bonds is 12. The lowest BCUT2D eigenvalue weighted by atomic mass is 9.98. The van der Waals surface area contributed by atoms with E-state index in [2.05, 4.69) is 72.8 Å². The first kappa shape index (κ1) is 40.3. The maximum atomic E-state index is 14.0. The first-order valence-electron chi connectivity index (χ1n) is 19.6. The molecule has 59 heavy (non-hydrogen) atoms. The number of aryl methyl sites for hydroxylation is 2. The first-order valence-corrected chi connectivity index (χ1v) is 19.6. The Bertz CT molecular complexity index is 2400. The zero-order valence-electron chi connectivity index (χ0n) is 33.7. The van der Waals surface area contributed by atoms with Crippen LogP contribution in [0.5, 0.6) is 0 Å². The van der Waals surface area contributed by atoms with E-state index < -0.39 is 30.3 Å². The molecule has 3 aromatic carbocycles. The summed E-state index contributed by atoms with van der Waals surface area (Å²) in [6, 6.07) is 20.4. The molecule has 0 bridgehead atoms. The summed E-state index contributed by atoms with van der Waals surface area (Å²) >= 11 is 0. The van der Waals surface area contributed by atoms with Crippen molar-refractivity contribution in [3.05, 3.63) is 101 Å². The van der Waals surface area contributed by atoms with Gasteiger partial charge in [-0.3, -0.25) is 14.5 Å². The van der Waals surface area contributed by atoms with Gasteiger partial charge in [0.25, 0.3) is 0 Å². The minimum Gasteiger partial charge on any atom is -0.453 e. The van der Waals surface area contributed by atoms with Crippen molar-refractivity contribution in [2.45, 2.75) is 64.1 Å². The molecule has 0 spiro atoms. The summed E-state index contributed by atoms with van der Waals surface area (Å²) in [4.78, 5) is 70.3. The smallest absolute Gasteiger partial charge is 0.407 e. The van der Waals surface area contributed by atoms with Crippen LogP contribution in [0.3, 0.4) is 0 Å². The van der Waals surface area contributed by atoms with Crippen LogP contribution in [0.2, 0.25) is 0 Å². The van der Waals surface area contributed by atoms with Crippen molar-refractivity contribution >= 4 is 29.7 Å². The second-order valence-electron chi connectivity index (χ2n) is 15.2. The van der Waals surface area contributed by atoms with Gasteiger partial charge in [0.05, 0.1) is 61.4 Å². The number of anilines is 1. The summed E-state index contributed by atoms with van der Waals surface area (Å²) in [7, 11) is 4.27. The van der Waals surface area contributed by atoms with Gasteiger partial charge in [-0.25, -0.2) is 19.6 Å². The number of nitriles is 1. The molecule has 7 rings (SSSR count). The number of aromatic amines is 2. The van der Waals surface area contributed by atoms with Crippen LogP contribution in [0.25, 0.3) is 33.6 Å². The average molecular weight is 798 g/mol. The van der Waals surface area contributed by atoms with Gasteiger partial charge in [-0.2, -0.15) is 5.26 Å². The van der Waals surface area contributed by atoms with Crippen LogP contribution in [-0.4, -0.2) is 88.7 Å². The number of H-pyrrole nitrogens is 2. The number of hydrogen-bond donors (Lipinski definition) is 4. The summed E-state index contributed by atoms with van der Waals surface area (Å²) in [5, 5.41) is 15.0. The number of hydrogen-bond acceptors (Lipinski definition) is 9. The molecule has 0 aliphatic carbocycles. The van der Waals surface area contributed by atoms with Crippen molar-refractivity contribution in [1.82, 2.24) is 35.5 Å². The van der Waals surface area contributed by atoms with Crippen LogP contribution in [-0.2, 0) is 38.3 Å². The maximum Gasteiger partial charge on any atom is 0.407 e. The van der Waals surface area contributed by atoms with Crippen molar-refractivity contribution in [2.24, 2.45) is 5.92 Å². The third-order valence-corrected chi connectivity index (χ3v) is 11.0. The van der Waals surface area contributed by atoms with Crippen LogP contribution < -0.4 is 15.5 Å². The van der Waals surface area contributed by atoms with Crippen molar-refractivity contribution in [3.8, 4) is 39.7 Å². The average Bonchev–Trinajstić information content (AvgIpc) is 4.01. The molecule has 4 heterocycles. The minimum absolute atomic E-state index is 0.0872. The number of aromatic nitrogens is 4. The Kier molecular flexibility index (Phi) is 11.8. The van der Waals surface area contributed by atoms with Gasteiger partial charge in [0.2, 0.25) is 11.8 Å². The van der Waals surface area contributed by atoms with E-state index in [0.717, 1.165) is 56.3 Å². The van der Waals surface area contributed by atoms with E-state index in [9.17, 15) is 24.4 Å². The fourth-order valence-electron chi connectivity index (χ4n) is 7.85. The molecule has 0 saturated carbocycles. The number of nitrogens with one attached hydrogen (secondary N) is 4. The highest BCUT2D eigenvalue weighted by atomic mass is 16.5. The van der Waals surface area contributed by atoms with E-state index >= 15 is 0 Å². The van der Waals surface area contributed by atoms with Gasteiger partial charge in [0.1, 0.15) is 23.7 Å². The molecule has 0 saturated heterocycles. The first-order chi connectivity index (χ1) is 28.5. The largest absolute Gasteiger partial charge is 0.453 e. The van der Waals surface area contributed by atoms with Crippen molar-refractivity contribution < 1.29 is 28.7 Å². The fourth-order valence-corrected chi connectivity index (χ4v) is 7.85. The van der Waals surface area contributed by atoms with Crippen LogP contribution >= 0.6 is 0 Å². The second kappa shape index (κ2) is 17.3. The highest BCUT2D eigenvalue weighted by Crippen LogP contribution is 2.45. The molecule has 3 atom stereocenters. The van der Waals surface area contributed by atoms with E-state index in [0.29, 0.717) is 50.0 Å². The molecule has 5 aromatic rings. The van der Waals surface area contributed by atoms with Gasteiger partial charge in [-0.05, 0) is 70.7 Å². The number of carbonyl (C=O) groups excluding carboxylic acids is 4. The monoisotopic (exact) mass is 797 g/mol. The van der Waals surface area contributed by atoms with Crippen molar-refractivity contribution in [1.29, 1.82) is 5.26 Å². The van der Waals surface area contributed by atoms with E-state index in [1.165, 1.54) is 14.2 Å². The predicted octanol–water partition coefficient (Wildman–Crippen LogP) is 6.08. The molecular weight excluding hydrogens is 751 g/mol. The van der Waals surface area contributed by atoms with Crippen LogP contribution in [0.1, 0.15) is 61.1 Å². The molecule has 15 nitrogen and oxygen atoms in total. The molecule has 304 valence electrons. The van der Waals surface area contributed by atoms with Crippen molar-refractivity contribution in [2.75, 3.05) is 32.7 Å². The molecule has 0 radical (unpaired) electrons. The molecule has 2 aliphatic rings. The van der Waals surface area contributed by atoms with Gasteiger partial charge >= 0.3 is 12.2 Å². The standard InChI is InChI=1S/C44H47N9O6/c1-25(2)38(51-44(57)59-5)42(55)52(3)18-6-7-37-46-23-34(48-37)29-12-8-27(9-13-29)28-10-14-30(15-11-28)35-24-47-40(49-35)36-21-32-20-26(22-45)19-31-16-17-33(50-43(56)58-4)41(54)53(36)39(31)32/h8-15,19-20,23-25,33,36,38H,6-7,16-18,21H2,1-5H3,(H,46,48)(H,47,49)(H,50,56)(H,51,57)/t33-,36-,38+/m0/s1. The summed E-state index contributed by atoms with van der Waals surface area (Å²) < 4.78 is 9.48. The Morgan fingerprint density at radius 3 is 2.15 bits per heavy atom. The Hall–Kier alpha value is -6.95. The normalized spacial score (nSPS) is 16.2. The topological polar surface area (TPSA) is 198 Å². The van der Waals surface area contributed by atoms with E-state index in [-0.39, 0.29) is 17.7 Å². The maximum absolute atomic E-state index is 14.0. The molecular formula is C44H47N9O6. The minimum atomic E-state index is -0.784. The Morgan fingerprint density at radius 1 is 0.915 bits per heavy atom. The zero-order chi connectivity index (χ0) is 41.8. The van der Waals surface area contributed by atoms with E-state index in [1.807, 2.05) is 44.3 Å². The van der Waals surface area contributed by atoms with Crippen LogP contribution in [0.4, 0.5) is 15.3 Å². The zero-order valence-corrected chi connectivity index (χ0v) is 33.7. The highest BCUT2D eigenvalue weighted by molar-refractivity contribution is 6.02. The third kappa shape index (κ3) is 8.52. The van der Waals surface area contributed by atoms with Gasteiger partial charge in [-0.15, -0.1) is 0 Å². The SMILES string of the molecule is COC(=O)N[C@H]1CCc2cc(C#N)cc3c2N(C1=O)[C@H](c1ncc(-c2ccc(-c4ccc(-c5cnc(CCCN(C)C(=O)[C@H](NC(=O)OC)C(C)C)[nH]5)cc4)cc2)[nH]1)C3. The van der Waals surface area contributed by atoms with Crippen LogP contribution in [0, 0.1) is 17.2 Å². The number of likely N-dealkylation sites (N-methyl/N-ethyl adjacent to an activating group) is 1. The number of methoxy groups -OCH3 is 2. The van der Waals surface area contributed by atoms with E-state index in [1.54, 1.807) is 23.0 Å². The number of nitrogens with zero attached hydrogens (tertiary/aromatic N) is 5. The summed E-state index contributed by atoms with van der Waals surface area (Å²) in [5.41, 5.74) is 8.82. The Labute approximate surface area is 342 Å². The number of imidazole rings is 2. The third-order valence-electron chi connectivity index (χ3n) is 11.0. The molecule has 2 aliphatic heterocycles. The van der Waals surface area contributed by atoms with Gasteiger partial charge in [0.15, 0.2) is 0 Å². The number of benzene rings is 3. The summed E-state index contributed by atoms with van der Waals surface area (Å²) in [5.74, 6) is 0.937. The number of ether oxygens (including phenoxy) is 2. The number of alkyl carbamates (subject to hydrolysis) is 2. The lowest BCUT2D eigenvalue weighted by Gasteiger charge is -2.27. The molecule has 15 heteroatoms. The van der Waals surface area contributed by atoms with Gasteiger partial charge < -0.3 is 35.0 Å². The Morgan fingerprint density at radius 2 is 1.53 bits per heavy atom. The van der Waals surface area contributed by atoms with Crippen LogP contribution in [0.15, 0.2) is 73.1 Å². The summed E-state index contributed by atoms with van der Waals surface area (Å²) in [6.07, 6.45) is 5.01. The molecule has 2 aromatic heterocycles. The predicted molar refractivity (Wildman–Crippen MR) is 220 cm³/mol. The number of amides is 4. The Balaban J connectivity index is 0.988. The highest BCUT2D eigenvalue weighted by Gasteiger charge is 2.43. The van der Waals surface area contributed by atoms with E-state index in [4.69, 9.17) is 9.72 Å². The quantitative estimate of drug-likeness (QED) is 0.116.